The van der Waals surface area contributed by atoms with Crippen LogP contribution in [-0.4, -0.2) is 63.1 Å². The Bertz CT molecular complexity index is 390. The average molecular weight is 408 g/mol. The van der Waals surface area contributed by atoms with Gasteiger partial charge in [-0.3, -0.25) is 4.79 Å². The van der Waals surface area contributed by atoms with E-state index in [1.165, 1.54) is 0 Å². The van der Waals surface area contributed by atoms with Gasteiger partial charge in [0.15, 0.2) is 8.32 Å². The summed E-state index contributed by atoms with van der Waals surface area (Å²) in [6, 6.07) is 1.12. The summed E-state index contributed by atoms with van der Waals surface area (Å²) in [7, 11) is -1.76. The van der Waals surface area contributed by atoms with Crippen LogP contribution in [0.4, 0.5) is 4.79 Å². The lowest BCUT2D eigenvalue weighted by Gasteiger charge is -2.17. The Labute approximate surface area is 161 Å². The van der Waals surface area contributed by atoms with Crippen LogP contribution in [0.15, 0.2) is 0 Å². The third kappa shape index (κ3) is 16.6. The van der Waals surface area contributed by atoms with E-state index in [1.54, 1.807) is 0 Å². The SMILES string of the molecule is CCC(C)C(=O)OCCCNC(=O)OCCOCCC[SiH2]O[Si](C)(C)C. The second-order valence-electron chi connectivity index (χ2n) is 7.17. The number of ether oxygens (including phenoxy) is 3. The van der Waals surface area contributed by atoms with Crippen molar-refractivity contribution in [2.24, 2.45) is 5.92 Å². The van der Waals surface area contributed by atoms with Crippen LogP contribution in [-0.2, 0) is 23.1 Å². The molecule has 0 fully saturated rings. The summed E-state index contributed by atoms with van der Waals surface area (Å²) in [4.78, 5) is 22.9. The minimum atomic E-state index is -1.35. The van der Waals surface area contributed by atoms with E-state index < -0.39 is 24.2 Å². The van der Waals surface area contributed by atoms with E-state index in [0.717, 1.165) is 18.9 Å². The number of nitrogens with one attached hydrogen (secondary N) is 1. The second-order valence-corrected chi connectivity index (χ2v) is 13.7. The van der Waals surface area contributed by atoms with Crippen LogP contribution in [0.5, 0.6) is 0 Å². The number of carbonyl (C=O) groups is 2. The van der Waals surface area contributed by atoms with E-state index in [4.69, 9.17) is 18.3 Å². The van der Waals surface area contributed by atoms with Gasteiger partial charge in [0, 0.05) is 13.2 Å². The zero-order chi connectivity index (χ0) is 19.8. The van der Waals surface area contributed by atoms with Crippen molar-refractivity contribution in [3.8, 4) is 0 Å². The number of esters is 1. The van der Waals surface area contributed by atoms with Gasteiger partial charge in [-0.25, -0.2) is 4.79 Å². The number of hydrogen-bond acceptors (Lipinski definition) is 6. The molecule has 1 amide bonds. The van der Waals surface area contributed by atoms with Crippen molar-refractivity contribution >= 4 is 30.1 Å². The Morgan fingerprint density at radius 2 is 1.77 bits per heavy atom. The molecule has 0 bridgehead atoms. The third-order valence-corrected chi connectivity index (χ3v) is 8.60. The lowest BCUT2D eigenvalue weighted by atomic mass is 10.1. The first-order chi connectivity index (χ1) is 12.3. The monoisotopic (exact) mass is 407 g/mol. The topological polar surface area (TPSA) is 83.1 Å². The van der Waals surface area contributed by atoms with Crippen molar-refractivity contribution in [3.63, 3.8) is 0 Å². The lowest BCUT2D eigenvalue weighted by Crippen LogP contribution is -2.28. The molecule has 0 aromatic heterocycles. The van der Waals surface area contributed by atoms with Gasteiger partial charge >= 0.3 is 12.1 Å². The highest BCUT2D eigenvalue weighted by molar-refractivity contribution is 6.73. The van der Waals surface area contributed by atoms with Gasteiger partial charge in [0.25, 0.3) is 0 Å². The highest BCUT2D eigenvalue weighted by Crippen LogP contribution is 2.04. The fraction of sp³-hybridized carbons (Fsp3) is 0.882. The van der Waals surface area contributed by atoms with Gasteiger partial charge in [0.1, 0.15) is 16.4 Å². The zero-order valence-corrected chi connectivity index (χ0v) is 19.5. The van der Waals surface area contributed by atoms with Crippen LogP contribution in [0.2, 0.25) is 25.7 Å². The molecule has 0 aliphatic heterocycles. The van der Waals surface area contributed by atoms with Crippen LogP contribution in [0.25, 0.3) is 0 Å². The summed E-state index contributed by atoms with van der Waals surface area (Å²) in [5.41, 5.74) is 0. The predicted octanol–water partition coefficient (Wildman–Crippen LogP) is 2.45. The second kappa shape index (κ2) is 15.2. The molecule has 0 aliphatic carbocycles. The van der Waals surface area contributed by atoms with Crippen LogP contribution in [0.3, 0.4) is 0 Å². The number of amides is 1. The number of hydrogen-bond donors (Lipinski definition) is 1. The Morgan fingerprint density at radius 1 is 1.04 bits per heavy atom. The van der Waals surface area contributed by atoms with Gasteiger partial charge in [-0.1, -0.05) is 13.8 Å². The highest BCUT2D eigenvalue weighted by Gasteiger charge is 2.12. The van der Waals surface area contributed by atoms with Crippen molar-refractivity contribution in [2.75, 3.05) is 33.0 Å². The van der Waals surface area contributed by atoms with E-state index in [1.807, 2.05) is 13.8 Å². The van der Waals surface area contributed by atoms with Crippen molar-refractivity contribution < 1.29 is 27.9 Å². The summed E-state index contributed by atoms with van der Waals surface area (Å²) in [5.74, 6) is -0.273. The van der Waals surface area contributed by atoms with Gasteiger partial charge in [0.05, 0.1) is 19.1 Å². The summed E-state index contributed by atoms with van der Waals surface area (Å²) >= 11 is 0. The molecule has 0 radical (unpaired) electrons. The maximum absolute atomic E-state index is 11.5. The Hall–Kier alpha value is -0.906. The fourth-order valence-electron chi connectivity index (χ4n) is 1.78. The van der Waals surface area contributed by atoms with E-state index in [9.17, 15) is 9.59 Å². The molecule has 1 unspecified atom stereocenters. The maximum Gasteiger partial charge on any atom is 0.407 e. The van der Waals surface area contributed by atoms with Crippen molar-refractivity contribution in [1.82, 2.24) is 5.32 Å². The summed E-state index contributed by atoms with van der Waals surface area (Å²) in [6.45, 7) is 12.4. The first-order valence-corrected chi connectivity index (χ1v) is 14.5. The Morgan fingerprint density at radius 3 is 2.42 bits per heavy atom. The van der Waals surface area contributed by atoms with Crippen molar-refractivity contribution in [1.29, 1.82) is 0 Å². The Kier molecular flexibility index (Phi) is 14.7. The molecule has 0 aromatic carbocycles. The fourth-order valence-corrected chi connectivity index (χ4v) is 5.21. The first-order valence-electron chi connectivity index (χ1n) is 9.55. The van der Waals surface area contributed by atoms with E-state index in [-0.39, 0.29) is 18.5 Å². The average Bonchev–Trinajstić information content (AvgIpc) is 2.58. The Balaban J connectivity index is 3.36. The molecule has 0 aromatic rings. The molecule has 154 valence electrons. The third-order valence-electron chi connectivity index (χ3n) is 3.53. The van der Waals surface area contributed by atoms with E-state index in [2.05, 4.69) is 25.0 Å². The van der Waals surface area contributed by atoms with E-state index in [0.29, 0.717) is 32.8 Å². The molecule has 0 rings (SSSR count). The van der Waals surface area contributed by atoms with Crippen LogP contribution >= 0.6 is 0 Å². The van der Waals surface area contributed by atoms with Crippen LogP contribution < -0.4 is 5.32 Å². The largest absolute Gasteiger partial charge is 0.465 e. The molecule has 0 spiro atoms. The molecule has 0 saturated carbocycles. The van der Waals surface area contributed by atoms with Crippen LogP contribution in [0.1, 0.15) is 33.1 Å². The maximum atomic E-state index is 11.5. The van der Waals surface area contributed by atoms with Crippen LogP contribution in [0, 0.1) is 5.92 Å². The quantitative estimate of drug-likeness (QED) is 0.255. The molecule has 0 heterocycles. The van der Waals surface area contributed by atoms with Gasteiger partial charge in [-0.2, -0.15) is 0 Å². The first kappa shape index (κ1) is 25.1. The smallest absolute Gasteiger partial charge is 0.407 e. The molecule has 9 heteroatoms. The van der Waals surface area contributed by atoms with Crippen molar-refractivity contribution in [3.05, 3.63) is 0 Å². The zero-order valence-electron chi connectivity index (χ0n) is 17.1. The minimum absolute atomic E-state index is 0.0804. The predicted molar refractivity (Wildman–Crippen MR) is 108 cm³/mol. The van der Waals surface area contributed by atoms with Crippen molar-refractivity contribution in [2.45, 2.75) is 58.8 Å². The summed E-state index contributed by atoms with van der Waals surface area (Å²) in [6.07, 6.45) is 1.85. The standard InChI is InChI=1S/C17H37NO6Si2/c1-6-15(2)16(19)22-11-7-9-18-17(20)23-13-12-21-10-8-14-25-24-26(3,4)5/h15H,6-14,25H2,1-5H3,(H,18,20). The molecule has 1 N–H and O–H groups in total. The van der Waals surface area contributed by atoms with Gasteiger partial charge in [-0.15, -0.1) is 0 Å². The summed E-state index contributed by atoms with van der Waals surface area (Å²) < 4.78 is 21.4. The molecule has 1 atom stereocenters. The van der Waals surface area contributed by atoms with Gasteiger partial charge < -0.3 is 23.6 Å². The summed E-state index contributed by atoms with van der Waals surface area (Å²) in [5, 5.41) is 2.62. The molecular formula is C17H37NO6Si2. The van der Waals surface area contributed by atoms with Gasteiger partial charge in [-0.05, 0) is 44.9 Å². The molecule has 26 heavy (non-hydrogen) atoms. The van der Waals surface area contributed by atoms with E-state index >= 15 is 0 Å². The number of carbonyl (C=O) groups excluding carboxylic acids is 2. The number of rotatable bonds is 15. The molecular weight excluding hydrogens is 370 g/mol. The highest BCUT2D eigenvalue weighted by atomic mass is 28.4. The molecule has 0 saturated heterocycles. The normalized spacial score (nSPS) is 13.0. The molecule has 7 nitrogen and oxygen atoms in total. The molecule has 0 aliphatic rings. The number of alkyl carbamates (subject to hydrolysis) is 1. The van der Waals surface area contributed by atoms with Gasteiger partial charge in [0.2, 0.25) is 0 Å². The lowest BCUT2D eigenvalue weighted by molar-refractivity contribution is -0.148. The minimum Gasteiger partial charge on any atom is -0.465 e.